The van der Waals surface area contributed by atoms with Gasteiger partial charge >= 0.3 is 0 Å². The fourth-order valence-corrected chi connectivity index (χ4v) is 12.5. The average Bonchev–Trinajstić information content (AvgIpc) is 3.31. The van der Waals surface area contributed by atoms with Gasteiger partial charge in [-0.1, -0.05) is 176 Å². The highest BCUT2D eigenvalue weighted by Gasteiger charge is 2.55. The summed E-state index contributed by atoms with van der Waals surface area (Å²) in [5.74, 6) is 0. The Morgan fingerprint density at radius 1 is 0.339 bits per heavy atom. The Hall–Kier alpha value is -5.23. The Morgan fingerprint density at radius 3 is 1.02 bits per heavy atom. The highest BCUT2D eigenvalue weighted by atomic mass is 31.2. The highest BCUT2D eigenvalue weighted by molar-refractivity contribution is 7.95. The summed E-state index contributed by atoms with van der Waals surface area (Å²) < 4.78 is 35.4. The topological polar surface area (TPSA) is 46.2 Å². The van der Waals surface area contributed by atoms with Gasteiger partial charge in [-0.25, -0.2) is 0 Å². The highest BCUT2D eigenvalue weighted by Crippen LogP contribution is 2.57. The second-order valence-electron chi connectivity index (χ2n) is 15.0. The standard InChI is InChI=1S/C53H52O5P/c1-8-22-42(23-9-1)36-54-40-49-51(55-37-43-24-10-2-11-25-43)53(57-39-45-28-14-4-15-29-45)52(56-38-44-26-12-3-13-27-44)50(58-49)41-59(46-30-16-5-17-31-46,47-32-18-6-19-33-47)48-34-20-7-21-35-48/h1-35,49-53H,36-41H2/q+1/t49-,50-,51+,52+,53+/m1/s1. The average molecular weight is 800 g/mol. The lowest BCUT2D eigenvalue weighted by atomic mass is 9.94. The van der Waals surface area contributed by atoms with E-state index in [0.29, 0.717) is 39.2 Å². The van der Waals surface area contributed by atoms with Crippen molar-refractivity contribution in [3.63, 3.8) is 0 Å². The molecule has 5 atom stereocenters. The Kier molecular flexibility index (Phi) is 14.2. The van der Waals surface area contributed by atoms with Gasteiger partial charge in [0.25, 0.3) is 0 Å². The van der Waals surface area contributed by atoms with Crippen LogP contribution in [0.5, 0.6) is 0 Å². The van der Waals surface area contributed by atoms with Gasteiger partial charge in [0.1, 0.15) is 59.9 Å². The van der Waals surface area contributed by atoms with Crippen molar-refractivity contribution in [3.05, 3.63) is 235 Å². The van der Waals surface area contributed by atoms with Gasteiger partial charge < -0.3 is 23.7 Å². The fraction of sp³-hybridized carbons (Fsp3) is 0.208. The summed E-state index contributed by atoms with van der Waals surface area (Å²) >= 11 is 0. The van der Waals surface area contributed by atoms with E-state index in [1.807, 2.05) is 48.5 Å². The molecular weight excluding hydrogens is 748 g/mol. The zero-order valence-corrected chi connectivity index (χ0v) is 34.2. The van der Waals surface area contributed by atoms with Gasteiger partial charge in [-0.2, -0.15) is 0 Å². The summed E-state index contributed by atoms with van der Waals surface area (Å²) in [5, 5.41) is 3.84. The summed E-state index contributed by atoms with van der Waals surface area (Å²) in [4.78, 5) is 0. The molecule has 5 nitrogen and oxygen atoms in total. The molecule has 0 saturated carbocycles. The third kappa shape index (κ3) is 10.3. The lowest BCUT2D eigenvalue weighted by molar-refractivity contribution is -0.268. The monoisotopic (exact) mass is 799 g/mol. The zero-order chi connectivity index (χ0) is 40.0. The van der Waals surface area contributed by atoms with E-state index < -0.39 is 37.8 Å². The van der Waals surface area contributed by atoms with Crippen molar-refractivity contribution in [1.82, 2.24) is 0 Å². The van der Waals surface area contributed by atoms with E-state index in [1.165, 1.54) is 15.9 Å². The molecule has 0 aliphatic carbocycles. The Balaban J connectivity index is 1.24. The first kappa shape index (κ1) is 40.5. The van der Waals surface area contributed by atoms with Crippen LogP contribution >= 0.6 is 7.26 Å². The van der Waals surface area contributed by atoms with Crippen molar-refractivity contribution in [1.29, 1.82) is 0 Å². The van der Waals surface area contributed by atoms with E-state index >= 15 is 0 Å². The van der Waals surface area contributed by atoms with Crippen molar-refractivity contribution in [3.8, 4) is 0 Å². The van der Waals surface area contributed by atoms with Gasteiger partial charge in [-0.3, -0.25) is 0 Å². The second kappa shape index (κ2) is 20.6. The van der Waals surface area contributed by atoms with Crippen LogP contribution in [-0.4, -0.2) is 43.3 Å². The van der Waals surface area contributed by atoms with Gasteiger partial charge in [0.2, 0.25) is 0 Å². The molecule has 8 rings (SSSR count). The number of benzene rings is 7. The van der Waals surface area contributed by atoms with Crippen LogP contribution < -0.4 is 15.9 Å². The minimum Gasteiger partial charge on any atom is -0.374 e. The molecule has 0 amide bonds. The molecule has 1 aliphatic rings. The maximum Gasteiger partial charge on any atom is 0.121 e. The minimum atomic E-state index is -2.38. The number of hydrogen-bond donors (Lipinski definition) is 0. The van der Waals surface area contributed by atoms with Crippen LogP contribution in [0.2, 0.25) is 0 Å². The number of hydrogen-bond acceptors (Lipinski definition) is 5. The van der Waals surface area contributed by atoms with Crippen LogP contribution in [0.4, 0.5) is 0 Å². The van der Waals surface area contributed by atoms with Gasteiger partial charge in [0, 0.05) is 0 Å². The first-order chi connectivity index (χ1) is 29.3. The van der Waals surface area contributed by atoms with Crippen LogP contribution in [0.3, 0.4) is 0 Å². The third-order valence-corrected chi connectivity index (χ3v) is 15.5. The van der Waals surface area contributed by atoms with Crippen LogP contribution in [-0.2, 0) is 50.1 Å². The van der Waals surface area contributed by atoms with Gasteiger partial charge in [-0.05, 0) is 58.7 Å². The molecule has 0 aromatic heterocycles. The summed E-state index contributed by atoms with van der Waals surface area (Å²) in [5.41, 5.74) is 4.34. The summed E-state index contributed by atoms with van der Waals surface area (Å²) in [6.07, 6.45) is -1.71. The predicted molar refractivity (Wildman–Crippen MR) is 240 cm³/mol. The van der Waals surface area contributed by atoms with Crippen molar-refractivity contribution in [2.45, 2.75) is 56.9 Å². The molecule has 1 heterocycles. The molecule has 7 aromatic carbocycles. The Labute approximate surface area is 349 Å². The molecule has 1 aliphatic heterocycles. The molecule has 0 N–H and O–H groups in total. The molecule has 1 saturated heterocycles. The molecule has 0 radical (unpaired) electrons. The van der Waals surface area contributed by atoms with Crippen molar-refractivity contribution in [2.24, 2.45) is 0 Å². The lowest BCUT2D eigenvalue weighted by Crippen LogP contribution is -2.62. The molecule has 59 heavy (non-hydrogen) atoms. The van der Waals surface area contributed by atoms with E-state index in [9.17, 15) is 0 Å². The second-order valence-corrected chi connectivity index (χ2v) is 18.5. The smallest absolute Gasteiger partial charge is 0.121 e. The van der Waals surface area contributed by atoms with Gasteiger partial charge in [0.15, 0.2) is 0 Å². The summed E-state index contributed by atoms with van der Waals surface area (Å²) in [6.45, 7) is 1.94. The normalized spacial score (nSPS) is 19.3. The first-order valence-corrected chi connectivity index (χ1v) is 22.5. The summed E-state index contributed by atoms with van der Waals surface area (Å²) in [7, 11) is -2.38. The Morgan fingerprint density at radius 2 is 0.644 bits per heavy atom. The molecule has 298 valence electrons. The molecule has 0 bridgehead atoms. The minimum absolute atomic E-state index is 0.314. The fourth-order valence-electron chi connectivity index (χ4n) is 8.11. The first-order valence-electron chi connectivity index (χ1n) is 20.5. The van der Waals surface area contributed by atoms with Gasteiger partial charge in [0.05, 0.1) is 33.0 Å². The van der Waals surface area contributed by atoms with Crippen LogP contribution in [0.15, 0.2) is 212 Å². The molecule has 1 fully saturated rings. The largest absolute Gasteiger partial charge is 0.374 e. The molecular formula is C53H52O5P+. The predicted octanol–water partition coefficient (Wildman–Crippen LogP) is 9.72. The van der Waals surface area contributed by atoms with Crippen LogP contribution in [0.25, 0.3) is 0 Å². The molecule has 6 heteroatoms. The van der Waals surface area contributed by atoms with Crippen LogP contribution in [0.1, 0.15) is 22.3 Å². The van der Waals surface area contributed by atoms with E-state index in [1.54, 1.807) is 0 Å². The quantitative estimate of drug-likeness (QED) is 0.0810. The van der Waals surface area contributed by atoms with Gasteiger partial charge in [-0.15, -0.1) is 0 Å². The third-order valence-electron chi connectivity index (χ3n) is 11.0. The lowest BCUT2D eigenvalue weighted by Gasteiger charge is -2.47. The van der Waals surface area contributed by atoms with E-state index in [4.69, 9.17) is 23.7 Å². The number of ether oxygens (including phenoxy) is 5. The Bertz CT molecular complexity index is 2130. The van der Waals surface area contributed by atoms with Crippen molar-refractivity contribution >= 4 is 23.2 Å². The number of rotatable bonds is 18. The molecule has 0 unspecified atom stereocenters. The van der Waals surface area contributed by atoms with Crippen molar-refractivity contribution < 1.29 is 23.7 Å². The zero-order valence-electron chi connectivity index (χ0n) is 33.3. The van der Waals surface area contributed by atoms with E-state index in [2.05, 4.69) is 164 Å². The SMILES string of the molecule is c1ccc(COC[C@H]2O[C@H](C[P+](c3ccccc3)(c3ccccc3)c3ccccc3)[C@H](OCc3ccccc3)[C@@H](OCc3ccccc3)[C@H]2OCc2ccccc2)cc1. The molecule has 0 spiro atoms. The summed E-state index contributed by atoms with van der Waals surface area (Å²) in [6, 6.07) is 74.2. The van der Waals surface area contributed by atoms with E-state index in [-0.39, 0.29) is 0 Å². The van der Waals surface area contributed by atoms with Crippen LogP contribution in [0, 0.1) is 0 Å². The maximum absolute atomic E-state index is 7.50. The van der Waals surface area contributed by atoms with E-state index in [0.717, 1.165) is 22.3 Å². The van der Waals surface area contributed by atoms with Crippen molar-refractivity contribution in [2.75, 3.05) is 12.8 Å². The maximum atomic E-state index is 7.50. The molecule has 7 aromatic rings.